The second kappa shape index (κ2) is 5.30. The van der Waals surface area contributed by atoms with Crippen LogP contribution in [0.15, 0.2) is 0 Å². The van der Waals surface area contributed by atoms with Crippen LogP contribution in [0.1, 0.15) is 25.7 Å². The van der Waals surface area contributed by atoms with E-state index in [2.05, 4.69) is 10.6 Å². The molecule has 0 radical (unpaired) electrons. The van der Waals surface area contributed by atoms with Crippen LogP contribution < -0.4 is 10.6 Å². The number of rotatable bonds is 2. The Hall–Kier alpha value is -1.10. The van der Waals surface area contributed by atoms with Crippen LogP contribution >= 0.6 is 0 Å². The molecule has 1 atom stereocenters. The molecule has 2 amide bonds. The Kier molecular flexibility index (Phi) is 3.77. The number of ether oxygens (including phenoxy) is 1. The van der Waals surface area contributed by atoms with Crippen LogP contribution in [0.5, 0.6) is 0 Å². The van der Waals surface area contributed by atoms with E-state index >= 15 is 0 Å². The zero-order valence-electron chi connectivity index (χ0n) is 9.33. The summed E-state index contributed by atoms with van der Waals surface area (Å²) in [6, 6.07) is 0.0177. The minimum absolute atomic E-state index is 0.0177. The molecule has 0 aromatic rings. The highest BCUT2D eigenvalue weighted by atomic mass is 16.5. The Labute approximate surface area is 94.9 Å². The third-order valence-electron chi connectivity index (χ3n) is 3.19. The number of carbonyl (C=O) groups is 2. The molecule has 2 rings (SSSR count). The quantitative estimate of drug-likeness (QED) is 0.685. The molecule has 1 unspecified atom stereocenters. The SMILES string of the molecule is O=C1CC(NC(=O)C2CCOCC2)CCN1. The van der Waals surface area contributed by atoms with Crippen molar-refractivity contribution >= 4 is 11.8 Å². The monoisotopic (exact) mass is 226 g/mol. The van der Waals surface area contributed by atoms with Gasteiger partial charge in [-0.25, -0.2) is 0 Å². The number of carbonyl (C=O) groups excluding carboxylic acids is 2. The van der Waals surface area contributed by atoms with E-state index in [0.29, 0.717) is 26.2 Å². The zero-order valence-corrected chi connectivity index (χ0v) is 9.33. The molecule has 0 aromatic carbocycles. The molecule has 16 heavy (non-hydrogen) atoms. The van der Waals surface area contributed by atoms with Gasteiger partial charge < -0.3 is 15.4 Å². The smallest absolute Gasteiger partial charge is 0.223 e. The number of piperidine rings is 1. The molecule has 2 aliphatic rings. The van der Waals surface area contributed by atoms with Crippen molar-refractivity contribution < 1.29 is 14.3 Å². The van der Waals surface area contributed by atoms with Gasteiger partial charge in [-0.3, -0.25) is 9.59 Å². The topological polar surface area (TPSA) is 67.4 Å². The Morgan fingerprint density at radius 3 is 2.75 bits per heavy atom. The van der Waals surface area contributed by atoms with Gasteiger partial charge in [-0.05, 0) is 19.3 Å². The predicted octanol–water partition coefficient (Wildman–Crippen LogP) is -0.192. The third kappa shape index (κ3) is 2.95. The van der Waals surface area contributed by atoms with Crippen molar-refractivity contribution in [2.45, 2.75) is 31.7 Å². The first kappa shape index (κ1) is 11.4. The van der Waals surface area contributed by atoms with Gasteiger partial charge in [-0.15, -0.1) is 0 Å². The zero-order chi connectivity index (χ0) is 11.4. The van der Waals surface area contributed by atoms with Crippen molar-refractivity contribution in [2.24, 2.45) is 5.92 Å². The molecule has 0 saturated carbocycles. The standard InChI is InChI=1S/C11H18N2O3/c14-10-7-9(1-4-12-10)13-11(15)8-2-5-16-6-3-8/h8-9H,1-7H2,(H,12,14)(H,13,15). The highest BCUT2D eigenvalue weighted by Crippen LogP contribution is 2.15. The highest BCUT2D eigenvalue weighted by molar-refractivity contribution is 5.81. The van der Waals surface area contributed by atoms with E-state index < -0.39 is 0 Å². The van der Waals surface area contributed by atoms with Gasteiger partial charge in [-0.1, -0.05) is 0 Å². The average molecular weight is 226 g/mol. The lowest BCUT2D eigenvalue weighted by Crippen LogP contribution is -2.47. The predicted molar refractivity (Wildman–Crippen MR) is 57.7 cm³/mol. The van der Waals surface area contributed by atoms with Crippen molar-refractivity contribution in [2.75, 3.05) is 19.8 Å². The Morgan fingerprint density at radius 1 is 1.31 bits per heavy atom. The first-order valence-corrected chi connectivity index (χ1v) is 5.90. The number of nitrogens with one attached hydrogen (secondary N) is 2. The maximum Gasteiger partial charge on any atom is 0.223 e. The van der Waals surface area contributed by atoms with Crippen LogP contribution in [-0.4, -0.2) is 37.6 Å². The molecule has 2 fully saturated rings. The van der Waals surface area contributed by atoms with Gasteiger partial charge in [0.1, 0.15) is 0 Å². The van der Waals surface area contributed by atoms with Gasteiger partial charge in [0.05, 0.1) is 0 Å². The normalized spacial score (nSPS) is 27.2. The molecule has 0 aliphatic carbocycles. The van der Waals surface area contributed by atoms with Crippen LogP contribution in [-0.2, 0) is 14.3 Å². The summed E-state index contributed by atoms with van der Waals surface area (Å²) < 4.78 is 5.21. The summed E-state index contributed by atoms with van der Waals surface area (Å²) in [6.45, 7) is 2.00. The Balaban J connectivity index is 1.79. The van der Waals surface area contributed by atoms with Crippen molar-refractivity contribution in [3.63, 3.8) is 0 Å². The largest absolute Gasteiger partial charge is 0.381 e. The van der Waals surface area contributed by atoms with Crippen LogP contribution in [0.25, 0.3) is 0 Å². The van der Waals surface area contributed by atoms with Crippen molar-refractivity contribution in [3.05, 3.63) is 0 Å². The molecule has 2 heterocycles. The van der Waals surface area contributed by atoms with E-state index in [-0.39, 0.29) is 23.8 Å². The molecular weight excluding hydrogens is 208 g/mol. The van der Waals surface area contributed by atoms with Crippen molar-refractivity contribution in [1.29, 1.82) is 0 Å². The maximum absolute atomic E-state index is 11.9. The molecule has 0 bridgehead atoms. The van der Waals surface area contributed by atoms with Gasteiger partial charge in [0.2, 0.25) is 11.8 Å². The van der Waals surface area contributed by atoms with Gasteiger partial charge >= 0.3 is 0 Å². The summed E-state index contributed by atoms with van der Waals surface area (Å²) in [6.07, 6.45) is 2.84. The van der Waals surface area contributed by atoms with Gasteiger partial charge in [0.15, 0.2) is 0 Å². The molecule has 2 aliphatic heterocycles. The van der Waals surface area contributed by atoms with Crippen LogP contribution in [0, 0.1) is 5.92 Å². The number of hydrogen-bond acceptors (Lipinski definition) is 3. The highest BCUT2D eigenvalue weighted by Gasteiger charge is 2.26. The van der Waals surface area contributed by atoms with Gasteiger partial charge in [-0.2, -0.15) is 0 Å². The van der Waals surface area contributed by atoms with E-state index in [1.807, 2.05) is 0 Å². The van der Waals surface area contributed by atoms with Gasteiger partial charge in [0.25, 0.3) is 0 Å². The summed E-state index contributed by atoms with van der Waals surface area (Å²) >= 11 is 0. The summed E-state index contributed by atoms with van der Waals surface area (Å²) in [5.74, 6) is 0.185. The number of hydrogen-bond donors (Lipinski definition) is 2. The second-order valence-corrected chi connectivity index (χ2v) is 4.43. The molecule has 0 spiro atoms. The first-order chi connectivity index (χ1) is 7.75. The van der Waals surface area contributed by atoms with E-state index in [4.69, 9.17) is 4.74 Å². The van der Waals surface area contributed by atoms with E-state index in [1.54, 1.807) is 0 Å². The van der Waals surface area contributed by atoms with Crippen LogP contribution in [0.4, 0.5) is 0 Å². The molecule has 5 heteroatoms. The van der Waals surface area contributed by atoms with E-state index in [0.717, 1.165) is 19.3 Å². The summed E-state index contributed by atoms with van der Waals surface area (Å²) in [5.41, 5.74) is 0. The maximum atomic E-state index is 11.9. The fourth-order valence-corrected chi connectivity index (χ4v) is 2.19. The first-order valence-electron chi connectivity index (χ1n) is 5.90. The molecule has 2 N–H and O–H groups in total. The fraction of sp³-hybridized carbons (Fsp3) is 0.818. The average Bonchev–Trinajstić information content (AvgIpc) is 2.30. The summed E-state index contributed by atoms with van der Waals surface area (Å²) in [7, 11) is 0. The summed E-state index contributed by atoms with van der Waals surface area (Å²) in [5, 5.41) is 5.72. The van der Waals surface area contributed by atoms with Crippen LogP contribution in [0.3, 0.4) is 0 Å². The molecular formula is C11H18N2O3. The fourth-order valence-electron chi connectivity index (χ4n) is 2.19. The summed E-state index contributed by atoms with van der Waals surface area (Å²) in [4.78, 5) is 23.0. The third-order valence-corrected chi connectivity index (χ3v) is 3.19. The van der Waals surface area contributed by atoms with Crippen molar-refractivity contribution in [3.8, 4) is 0 Å². The molecule has 2 saturated heterocycles. The lowest BCUT2D eigenvalue weighted by molar-refractivity contribution is -0.129. The van der Waals surface area contributed by atoms with E-state index in [9.17, 15) is 9.59 Å². The minimum Gasteiger partial charge on any atom is -0.381 e. The number of amides is 2. The lowest BCUT2D eigenvalue weighted by Gasteiger charge is -2.27. The van der Waals surface area contributed by atoms with E-state index in [1.165, 1.54) is 0 Å². The van der Waals surface area contributed by atoms with Crippen molar-refractivity contribution in [1.82, 2.24) is 10.6 Å². The lowest BCUT2D eigenvalue weighted by atomic mass is 9.98. The van der Waals surface area contributed by atoms with Crippen LogP contribution in [0.2, 0.25) is 0 Å². The Bertz CT molecular complexity index is 274. The molecule has 90 valence electrons. The molecule has 0 aromatic heterocycles. The molecule has 5 nitrogen and oxygen atoms in total. The Morgan fingerprint density at radius 2 is 2.06 bits per heavy atom. The second-order valence-electron chi connectivity index (χ2n) is 4.43. The van der Waals surface area contributed by atoms with Gasteiger partial charge in [0, 0.05) is 38.1 Å². The minimum atomic E-state index is 0.0177.